The number of anilines is 1. The van der Waals surface area contributed by atoms with E-state index in [4.69, 9.17) is 21.4 Å². The largest absolute Gasteiger partial charge is 0.755 e. The summed E-state index contributed by atoms with van der Waals surface area (Å²) in [5.74, 6) is 0.421. The van der Waals surface area contributed by atoms with Gasteiger partial charge in [-0.2, -0.15) is 0 Å². The molecular formula is C18H19ClN3O5S-. The number of likely N-dealkylation sites (tertiary alicyclic amines) is 1. The molecule has 1 N–H and O–H groups in total. The van der Waals surface area contributed by atoms with E-state index in [2.05, 4.69) is 4.98 Å². The van der Waals surface area contributed by atoms with Crippen LogP contribution in [0.5, 0.6) is 5.88 Å². The number of aromatic nitrogens is 1. The highest BCUT2D eigenvalue weighted by Gasteiger charge is 2.29. The highest BCUT2D eigenvalue weighted by atomic mass is 35.5. The van der Waals surface area contributed by atoms with Crippen LogP contribution in [0.1, 0.15) is 12.8 Å². The molecule has 1 saturated heterocycles. The maximum absolute atomic E-state index is 12.0. The predicted octanol–water partition coefficient (Wildman–Crippen LogP) is 3.15. The number of hydrogen-bond donors (Lipinski definition) is 1. The second-order valence-electron chi connectivity index (χ2n) is 6.25. The molecule has 0 bridgehead atoms. The normalized spacial score (nSPS) is 15.9. The Balaban J connectivity index is 1.94. The molecule has 0 aliphatic carbocycles. The zero-order valence-electron chi connectivity index (χ0n) is 15.1. The standard InChI is InChI=1S/C18H20ClN3O5S/c1-27-16-7-3-5-14(20-16)13-4-2-6-15(17(13)19)22(28(25)26)12-8-10-21(11-9-12)18(23)24/h2-7,12H,8-11H2,1H3,(H,23,24)(H,25,26)/p-1. The van der Waals surface area contributed by atoms with E-state index in [1.807, 2.05) is 0 Å². The monoisotopic (exact) mass is 424 g/mol. The van der Waals surface area contributed by atoms with Crippen LogP contribution in [0, 0.1) is 0 Å². The first kappa shape index (κ1) is 20.4. The van der Waals surface area contributed by atoms with E-state index in [-0.39, 0.29) is 24.2 Å². The zero-order chi connectivity index (χ0) is 20.3. The topological polar surface area (TPSA) is 106 Å². The molecule has 10 heteroatoms. The molecule has 1 aromatic carbocycles. The fraction of sp³-hybridized carbons (Fsp3) is 0.333. The summed E-state index contributed by atoms with van der Waals surface area (Å²) in [5, 5.41) is 9.35. The molecule has 1 amide bonds. The third-order valence-corrected chi connectivity index (χ3v) is 5.86. The van der Waals surface area contributed by atoms with E-state index >= 15 is 0 Å². The van der Waals surface area contributed by atoms with Gasteiger partial charge in [0.05, 0.1) is 23.5 Å². The Kier molecular flexibility index (Phi) is 6.38. The zero-order valence-corrected chi connectivity index (χ0v) is 16.7. The molecule has 0 saturated carbocycles. The minimum Gasteiger partial charge on any atom is -0.755 e. The summed E-state index contributed by atoms with van der Waals surface area (Å²) in [4.78, 5) is 16.7. The second-order valence-corrected chi connectivity index (χ2v) is 7.45. The molecule has 0 radical (unpaired) electrons. The molecule has 0 spiro atoms. The van der Waals surface area contributed by atoms with Gasteiger partial charge in [0.15, 0.2) is 0 Å². The lowest BCUT2D eigenvalue weighted by atomic mass is 10.0. The number of hydrogen-bond acceptors (Lipinski definition) is 5. The molecule has 150 valence electrons. The highest BCUT2D eigenvalue weighted by molar-refractivity contribution is 7.80. The van der Waals surface area contributed by atoms with Crippen molar-refractivity contribution >= 4 is 34.6 Å². The van der Waals surface area contributed by atoms with Crippen molar-refractivity contribution in [1.82, 2.24) is 9.88 Å². The van der Waals surface area contributed by atoms with E-state index in [1.54, 1.807) is 36.4 Å². The molecule has 2 aromatic rings. The summed E-state index contributed by atoms with van der Waals surface area (Å²) in [5.41, 5.74) is 1.48. The number of benzene rings is 1. The van der Waals surface area contributed by atoms with E-state index in [0.29, 0.717) is 35.7 Å². The van der Waals surface area contributed by atoms with Gasteiger partial charge in [0.25, 0.3) is 0 Å². The Morgan fingerprint density at radius 1 is 1.32 bits per heavy atom. The Morgan fingerprint density at radius 2 is 2.00 bits per heavy atom. The average Bonchev–Trinajstić information content (AvgIpc) is 2.69. The number of pyridine rings is 1. The average molecular weight is 425 g/mol. The number of nitrogens with zero attached hydrogens (tertiary/aromatic N) is 3. The lowest BCUT2D eigenvalue weighted by molar-refractivity contribution is 0.133. The Hall–Kier alpha value is -2.36. The maximum atomic E-state index is 12.0. The van der Waals surface area contributed by atoms with Crippen LogP contribution < -0.4 is 9.04 Å². The van der Waals surface area contributed by atoms with Crippen molar-refractivity contribution in [3.63, 3.8) is 0 Å². The van der Waals surface area contributed by atoms with Crippen LogP contribution in [-0.4, -0.2) is 56.1 Å². The number of halogens is 1. The number of carboxylic acid groups (broad SMARTS) is 1. The van der Waals surface area contributed by atoms with Crippen LogP contribution in [0.2, 0.25) is 5.02 Å². The van der Waals surface area contributed by atoms with E-state index < -0.39 is 17.4 Å². The van der Waals surface area contributed by atoms with Gasteiger partial charge < -0.3 is 19.3 Å². The first-order chi connectivity index (χ1) is 13.4. The van der Waals surface area contributed by atoms with Gasteiger partial charge in [-0.25, -0.2) is 9.78 Å². The van der Waals surface area contributed by atoms with E-state index in [0.717, 1.165) is 0 Å². The van der Waals surface area contributed by atoms with E-state index in [9.17, 15) is 13.6 Å². The molecule has 1 atom stereocenters. The van der Waals surface area contributed by atoms with Crippen LogP contribution in [0.15, 0.2) is 36.4 Å². The van der Waals surface area contributed by atoms with Crippen molar-refractivity contribution in [2.75, 3.05) is 24.5 Å². The Bertz CT molecular complexity index is 889. The summed E-state index contributed by atoms with van der Waals surface area (Å²) in [7, 11) is 1.51. The predicted molar refractivity (Wildman–Crippen MR) is 105 cm³/mol. The molecule has 28 heavy (non-hydrogen) atoms. The van der Waals surface area contributed by atoms with Gasteiger partial charge in [0.1, 0.15) is 0 Å². The third-order valence-electron chi connectivity index (χ3n) is 4.65. The molecule has 3 rings (SSSR count). The molecule has 1 aromatic heterocycles. The van der Waals surface area contributed by atoms with Gasteiger partial charge in [-0.1, -0.05) is 29.8 Å². The van der Waals surface area contributed by atoms with Crippen LogP contribution >= 0.6 is 11.6 Å². The van der Waals surface area contributed by atoms with Gasteiger partial charge in [-0.3, -0.25) is 8.51 Å². The SMILES string of the molecule is COc1cccc(-c2cccc(N(C3CCN(C(=O)O)CC3)S(=O)[O-])c2Cl)n1. The third kappa shape index (κ3) is 4.21. The van der Waals surface area contributed by atoms with Gasteiger partial charge >= 0.3 is 6.09 Å². The Labute approximate surface area is 170 Å². The number of ether oxygens (including phenoxy) is 1. The van der Waals surface area contributed by atoms with Crippen LogP contribution in [-0.2, 0) is 11.3 Å². The lowest BCUT2D eigenvalue weighted by Gasteiger charge is -2.39. The van der Waals surface area contributed by atoms with E-state index in [1.165, 1.54) is 16.3 Å². The summed E-state index contributed by atoms with van der Waals surface area (Å²) in [6.45, 7) is 0.533. The van der Waals surface area contributed by atoms with Crippen LogP contribution in [0.4, 0.5) is 10.5 Å². The molecule has 1 unspecified atom stereocenters. The number of amides is 1. The van der Waals surface area contributed by atoms with Gasteiger partial charge in [-0.05, 0) is 25.0 Å². The van der Waals surface area contributed by atoms with Crippen molar-refractivity contribution < 1.29 is 23.4 Å². The summed E-state index contributed by atoms with van der Waals surface area (Å²) in [6, 6.07) is 9.96. The van der Waals surface area contributed by atoms with Crippen molar-refractivity contribution in [2.24, 2.45) is 0 Å². The molecule has 1 aliphatic heterocycles. The molecule has 1 fully saturated rings. The molecular weight excluding hydrogens is 406 g/mol. The van der Waals surface area contributed by atoms with Crippen molar-refractivity contribution in [2.45, 2.75) is 18.9 Å². The first-order valence-corrected chi connectivity index (χ1v) is 9.99. The highest BCUT2D eigenvalue weighted by Crippen LogP contribution is 2.38. The Morgan fingerprint density at radius 3 is 2.61 bits per heavy atom. The first-order valence-electron chi connectivity index (χ1n) is 8.58. The lowest BCUT2D eigenvalue weighted by Crippen LogP contribution is -2.47. The van der Waals surface area contributed by atoms with Crippen molar-refractivity contribution in [1.29, 1.82) is 0 Å². The number of rotatable bonds is 5. The minimum absolute atomic E-state index is 0.258. The number of methoxy groups -OCH3 is 1. The summed E-state index contributed by atoms with van der Waals surface area (Å²) < 4.78 is 30.4. The fourth-order valence-corrected chi connectivity index (χ4v) is 4.39. The maximum Gasteiger partial charge on any atom is 0.407 e. The molecule has 2 heterocycles. The number of carbonyl (C=O) groups is 1. The van der Waals surface area contributed by atoms with Crippen molar-refractivity contribution in [3.8, 4) is 17.1 Å². The van der Waals surface area contributed by atoms with Gasteiger partial charge in [0.2, 0.25) is 5.88 Å². The van der Waals surface area contributed by atoms with Gasteiger partial charge in [-0.15, -0.1) is 0 Å². The second kappa shape index (κ2) is 8.76. The smallest absolute Gasteiger partial charge is 0.407 e. The summed E-state index contributed by atoms with van der Waals surface area (Å²) >= 11 is 4.01. The quantitative estimate of drug-likeness (QED) is 0.739. The molecule has 1 aliphatic rings. The fourth-order valence-electron chi connectivity index (χ4n) is 3.26. The van der Waals surface area contributed by atoms with Crippen molar-refractivity contribution in [3.05, 3.63) is 41.4 Å². The molecule has 8 nitrogen and oxygen atoms in total. The minimum atomic E-state index is -2.57. The van der Waals surface area contributed by atoms with Crippen LogP contribution in [0.3, 0.4) is 0 Å². The summed E-state index contributed by atoms with van der Waals surface area (Å²) in [6.07, 6.45) is -0.228. The van der Waals surface area contributed by atoms with Crippen LogP contribution in [0.25, 0.3) is 11.3 Å². The van der Waals surface area contributed by atoms with Gasteiger partial charge in [0, 0.05) is 42.0 Å². The number of piperidine rings is 1.